The molecule has 4 heteroatoms. The first kappa shape index (κ1) is 16.0. The van der Waals surface area contributed by atoms with Crippen LogP contribution in [0.1, 0.15) is 16.7 Å². The zero-order valence-corrected chi connectivity index (χ0v) is 14.1. The van der Waals surface area contributed by atoms with Gasteiger partial charge in [0.1, 0.15) is 5.75 Å². The molecule has 1 amide bonds. The van der Waals surface area contributed by atoms with Crippen molar-refractivity contribution in [2.24, 2.45) is 0 Å². The molecule has 0 spiro atoms. The van der Waals surface area contributed by atoms with E-state index in [-0.39, 0.29) is 12.5 Å². The number of benzene rings is 2. The van der Waals surface area contributed by atoms with Crippen molar-refractivity contribution in [3.8, 4) is 5.75 Å². The van der Waals surface area contributed by atoms with E-state index in [0.717, 1.165) is 39.0 Å². The number of anilines is 1. The van der Waals surface area contributed by atoms with Crippen LogP contribution >= 0.6 is 0 Å². The Morgan fingerprint density at radius 2 is 1.75 bits per heavy atom. The number of pyridine rings is 1. The van der Waals surface area contributed by atoms with Crippen molar-refractivity contribution in [1.29, 1.82) is 0 Å². The summed E-state index contributed by atoms with van der Waals surface area (Å²) in [6.45, 7) is 5.92. The van der Waals surface area contributed by atoms with Crippen LogP contribution in [0.15, 0.2) is 48.7 Å². The Hall–Kier alpha value is -2.88. The molecule has 0 radical (unpaired) electrons. The molecule has 0 aliphatic carbocycles. The number of rotatable bonds is 4. The number of hydrogen-bond acceptors (Lipinski definition) is 3. The Bertz CT molecular complexity index is 883. The summed E-state index contributed by atoms with van der Waals surface area (Å²) in [6.07, 6.45) is 1.75. The molecule has 0 saturated carbocycles. The van der Waals surface area contributed by atoms with Crippen LogP contribution in [0.2, 0.25) is 0 Å². The summed E-state index contributed by atoms with van der Waals surface area (Å²) in [5.41, 5.74) is 4.76. The minimum atomic E-state index is -0.188. The molecular formula is C20H20N2O2. The van der Waals surface area contributed by atoms with E-state index in [1.54, 1.807) is 6.20 Å². The van der Waals surface area contributed by atoms with Crippen molar-refractivity contribution >= 4 is 22.5 Å². The van der Waals surface area contributed by atoms with Gasteiger partial charge in [-0.2, -0.15) is 0 Å². The van der Waals surface area contributed by atoms with E-state index in [4.69, 9.17) is 4.74 Å². The van der Waals surface area contributed by atoms with Crippen molar-refractivity contribution in [2.45, 2.75) is 20.8 Å². The Balaban J connectivity index is 1.75. The molecule has 0 saturated heterocycles. The number of nitrogens with zero attached hydrogens (tertiary/aromatic N) is 1. The number of hydrogen-bond donors (Lipinski definition) is 1. The summed E-state index contributed by atoms with van der Waals surface area (Å²) in [5.74, 6) is 0.578. The highest BCUT2D eigenvalue weighted by atomic mass is 16.5. The number of para-hydroxylation sites is 1. The quantitative estimate of drug-likeness (QED) is 0.784. The third-order valence-corrected chi connectivity index (χ3v) is 4.00. The molecule has 1 heterocycles. The van der Waals surface area contributed by atoms with Crippen molar-refractivity contribution in [1.82, 2.24) is 4.98 Å². The summed E-state index contributed by atoms with van der Waals surface area (Å²) in [7, 11) is 0. The SMILES string of the molecule is Cc1cccc(C)c1OCC(=O)Nc1ccc(C)c2ncccc12. The summed E-state index contributed by atoms with van der Waals surface area (Å²) in [5, 5.41) is 3.85. The number of fused-ring (bicyclic) bond motifs is 1. The molecule has 0 bridgehead atoms. The topological polar surface area (TPSA) is 51.2 Å². The number of ether oxygens (including phenoxy) is 1. The Morgan fingerprint density at radius 3 is 2.50 bits per heavy atom. The summed E-state index contributed by atoms with van der Waals surface area (Å²) in [6, 6.07) is 13.6. The first-order valence-corrected chi connectivity index (χ1v) is 7.89. The minimum Gasteiger partial charge on any atom is -0.483 e. The molecule has 1 aromatic heterocycles. The summed E-state index contributed by atoms with van der Waals surface area (Å²) < 4.78 is 5.71. The molecular weight excluding hydrogens is 300 g/mol. The van der Waals surface area contributed by atoms with Crippen LogP contribution in [0.5, 0.6) is 5.75 Å². The molecule has 0 aliphatic rings. The first-order valence-electron chi connectivity index (χ1n) is 7.89. The number of carbonyl (C=O) groups is 1. The van der Waals surface area contributed by atoms with Gasteiger partial charge in [0.15, 0.2) is 6.61 Å². The molecule has 3 aromatic rings. The molecule has 4 nitrogen and oxygen atoms in total. The van der Waals surface area contributed by atoms with E-state index in [2.05, 4.69) is 10.3 Å². The Kier molecular flexibility index (Phi) is 4.47. The predicted octanol–water partition coefficient (Wildman–Crippen LogP) is 4.18. The predicted molar refractivity (Wildman–Crippen MR) is 96.5 cm³/mol. The molecule has 1 N–H and O–H groups in total. The minimum absolute atomic E-state index is 0.0265. The third-order valence-electron chi connectivity index (χ3n) is 4.00. The summed E-state index contributed by atoms with van der Waals surface area (Å²) in [4.78, 5) is 16.7. The Morgan fingerprint density at radius 1 is 1.00 bits per heavy atom. The van der Waals surface area contributed by atoms with Gasteiger partial charge in [0.2, 0.25) is 0 Å². The fourth-order valence-corrected chi connectivity index (χ4v) is 2.77. The van der Waals surface area contributed by atoms with Crippen molar-refractivity contribution in [3.63, 3.8) is 0 Å². The van der Waals surface area contributed by atoms with Crippen molar-refractivity contribution < 1.29 is 9.53 Å². The van der Waals surface area contributed by atoms with Crippen LogP contribution < -0.4 is 10.1 Å². The Labute approximate surface area is 141 Å². The second-order valence-corrected chi connectivity index (χ2v) is 5.89. The van der Waals surface area contributed by atoms with E-state index in [9.17, 15) is 4.79 Å². The molecule has 0 aliphatic heterocycles. The largest absolute Gasteiger partial charge is 0.483 e. The molecule has 3 rings (SSSR count). The van der Waals surface area contributed by atoms with Gasteiger partial charge in [-0.25, -0.2) is 0 Å². The van der Waals surface area contributed by atoms with Crippen LogP contribution in [0, 0.1) is 20.8 Å². The van der Waals surface area contributed by atoms with Gasteiger partial charge in [-0.15, -0.1) is 0 Å². The zero-order valence-electron chi connectivity index (χ0n) is 14.1. The maximum atomic E-state index is 12.3. The monoisotopic (exact) mass is 320 g/mol. The van der Waals surface area contributed by atoms with Crippen molar-refractivity contribution in [2.75, 3.05) is 11.9 Å². The fraction of sp³-hybridized carbons (Fsp3) is 0.200. The van der Waals surface area contributed by atoms with Crippen LogP contribution in [0.3, 0.4) is 0 Å². The maximum Gasteiger partial charge on any atom is 0.262 e. The van der Waals surface area contributed by atoms with Gasteiger partial charge in [-0.3, -0.25) is 9.78 Å². The maximum absolute atomic E-state index is 12.3. The van der Waals surface area contributed by atoms with Gasteiger partial charge in [0, 0.05) is 11.6 Å². The lowest BCUT2D eigenvalue weighted by atomic mass is 10.1. The lowest BCUT2D eigenvalue weighted by molar-refractivity contribution is -0.118. The number of amides is 1. The van der Waals surface area contributed by atoms with Crippen LogP contribution in [-0.4, -0.2) is 17.5 Å². The molecule has 0 unspecified atom stereocenters. The molecule has 24 heavy (non-hydrogen) atoms. The number of aromatic nitrogens is 1. The van der Waals surface area contributed by atoms with Gasteiger partial charge in [-0.1, -0.05) is 24.3 Å². The van der Waals surface area contributed by atoms with Gasteiger partial charge in [0.05, 0.1) is 11.2 Å². The molecule has 0 fully saturated rings. The van der Waals surface area contributed by atoms with Gasteiger partial charge >= 0.3 is 0 Å². The fourth-order valence-electron chi connectivity index (χ4n) is 2.77. The third kappa shape index (κ3) is 3.23. The standard InChI is InChI=1S/C20H20N2O2/c1-13-9-10-17(16-8-5-11-21-19(13)16)22-18(23)12-24-20-14(2)6-4-7-15(20)3/h4-11H,12H2,1-3H3,(H,22,23). The van der Waals surface area contributed by atoms with E-state index in [0.29, 0.717) is 0 Å². The average Bonchev–Trinajstić information content (AvgIpc) is 2.57. The van der Waals surface area contributed by atoms with Crippen LogP contribution in [0.25, 0.3) is 10.9 Å². The lowest BCUT2D eigenvalue weighted by Gasteiger charge is -2.13. The second-order valence-electron chi connectivity index (χ2n) is 5.89. The lowest BCUT2D eigenvalue weighted by Crippen LogP contribution is -2.21. The smallest absolute Gasteiger partial charge is 0.262 e. The number of carbonyl (C=O) groups excluding carboxylic acids is 1. The van der Waals surface area contributed by atoms with Gasteiger partial charge in [-0.05, 0) is 55.7 Å². The second kappa shape index (κ2) is 6.71. The zero-order chi connectivity index (χ0) is 17.1. The molecule has 2 aromatic carbocycles. The molecule has 0 atom stereocenters. The van der Waals surface area contributed by atoms with E-state index < -0.39 is 0 Å². The van der Waals surface area contributed by atoms with Gasteiger partial charge in [0.25, 0.3) is 5.91 Å². The first-order chi connectivity index (χ1) is 11.6. The number of aryl methyl sites for hydroxylation is 3. The highest BCUT2D eigenvalue weighted by Gasteiger charge is 2.10. The highest BCUT2D eigenvalue weighted by Crippen LogP contribution is 2.25. The average molecular weight is 320 g/mol. The normalized spacial score (nSPS) is 10.6. The van der Waals surface area contributed by atoms with E-state index >= 15 is 0 Å². The van der Waals surface area contributed by atoms with Crippen molar-refractivity contribution in [3.05, 3.63) is 65.4 Å². The van der Waals surface area contributed by atoms with Gasteiger partial charge < -0.3 is 10.1 Å². The summed E-state index contributed by atoms with van der Waals surface area (Å²) >= 11 is 0. The van der Waals surface area contributed by atoms with E-state index in [1.807, 2.05) is 63.2 Å². The van der Waals surface area contributed by atoms with Crippen LogP contribution in [-0.2, 0) is 4.79 Å². The van der Waals surface area contributed by atoms with Crippen LogP contribution in [0.4, 0.5) is 5.69 Å². The number of nitrogens with one attached hydrogen (secondary N) is 1. The van der Waals surface area contributed by atoms with E-state index in [1.165, 1.54) is 0 Å². The molecule has 122 valence electrons. The highest BCUT2D eigenvalue weighted by molar-refractivity contribution is 6.02.